The number of carbonyl (C=O) groups excluding carboxylic acids is 1. The lowest BCUT2D eigenvalue weighted by molar-refractivity contribution is -0.129. The molecule has 0 radical (unpaired) electrons. The van der Waals surface area contributed by atoms with E-state index in [2.05, 4.69) is 0 Å². The Morgan fingerprint density at radius 2 is 1.65 bits per heavy atom. The van der Waals surface area contributed by atoms with E-state index in [1.165, 1.54) is 0 Å². The van der Waals surface area contributed by atoms with Gasteiger partial charge in [0.1, 0.15) is 5.38 Å². The molecule has 0 saturated carbocycles. The number of carbonyl (C=O) groups is 1. The third-order valence-corrected chi connectivity index (χ3v) is 3.69. The number of amides is 1. The zero-order valence-electron chi connectivity index (χ0n) is 9.13. The van der Waals surface area contributed by atoms with E-state index in [4.69, 9.17) is 34.8 Å². The maximum absolute atomic E-state index is 12.1. The smallest absolute Gasteiger partial charge is 0.245 e. The van der Waals surface area contributed by atoms with Crippen molar-refractivity contribution in [2.45, 2.75) is 18.2 Å². The standard InChI is InChI=1S/C12H12Cl3NO/c13-9-5-8(6-10(14)7-9)11(15)12(17)16-3-1-2-4-16/h5-7,11H,1-4H2. The zero-order chi connectivity index (χ0) is 12.4. The second-order valence-electron chi connectivity index (χ2n) is 4.10. The van der Waals surface area contributed by atoms with Gasteiger partial charge < -0.3 is 4.90 Å². The molecule has 1 aromatic rings. The highest BCUT2D eigenvalue weighted by Crippen LogP contribution is 2.29. The van der Waals surface area contributed by atoms with Crippen molar-refractivity contribution >= 4 is 40.7 Å². The van der Waals surface area contributed by atoms with Gasteiger partial charge in [-0.05, 0) is 36.6 Å². The summed E-state index contributed by atoms with van der Waals surface area (Å²) in [6.45, 7) is 1.58. The fraction of sp³-hybridized carbons (Fsp3) is 0.417. The summed E-state index contributed by atoms with van der Waals surface area (Å²) < 4.78 is 0. The van der Waals surface area contributed by atoms with Gasteiger partial charge in [-0.3, -0.25) is 4.79 Å². The van der Waals surface area contributed by atoms with E-state index >= 15 is 0 Å². The predicted molar refractivity (Wildman–Crippen MR) is 70.9 cm³/mol. The fourth-order valence-electron chi connectivity index (χ4n) is 1.96. The molecule has 1 heterocycles. The Morgan fingerprint density at radius 1 is 1.12 bits per heavy atom. The van der Waals surface area contributed by atoms with Crippen LogP contribution in [0.3, 0.4) is 0 Å². The van der Waals surface area contributed by atoms with Crippen molar-refractivity contribution in [2.24, 2.45) is 0 Å². The van der Waals surface area contributed by atoms with E-state index in [0.717, 1.165) is 25.9 Å². The third kappa shape index (κ3) is 3.06. The van der Waals surface area contributed by atoms with Crippen molar-refractivity contribution in [3.8, 4) is 0 Å². The molecule has 1 unspecified atom stereocenters. The van der Waals surface area contributed by atoms with Gasteiger partial charge in [-0.1, -0.05) is 23.2 Å². The minimum absolute atomic E-state index is 0.0671. The van der Waals surface area contributed by atoms with E-state index in [1.54, 1.807) is 23.1 Å². The van der Waals surface area contributed by atoms with E-state index < -0.39 is 5.38 Å². The number of nitrogens with zero attached hydrogens (tertiary/aromatic N) is 1. The molecule has 1 saturated heterocycles. The first-order valence-electron chi connectivity index (χ1n) is 5.47. The molecule has 1 atom stereocenters. The summed E-state index contributed by atoms with van der Waals surface area (Å²) in [7, 11) is 0. The van der Waals surface area contributed by atoms with Crippen LogP contribution in [-0.4, -0.2) is 23.9 Å². The molecule has 17 heavy (non-hydrogen) atoms. The number of alkyl halides is 1. The van der Waals surface area contributed by atoms with Gasteiger partial charge in [-0.2, -0.15) is 0 Å². The SMILES string of the molecule is O=C(C(Cl)c1cc(Cl)cc(Cl)c1)N1CCCC1. The van der Waals surface area contributed by atoms with Crippen molar-refractivity contribution in [3.63, 3.8) is 0 Å². The van der Waals surface area contributed by atoms with Crippen LogP contribution in [0.2, 0.25) is 10.0 Å². The number of hydrogen-bond acceptors (Lipinski definition) is 1. The van der Waals surface area contributed by atoms with Gasteiger partial charge in [0.25, 0.3) is 0 Å². The van der Waals surface area contributed by atoms with Crippen LogP contribution in [0.5, 0.6) is 0 Å². The Balaban J connectivity index is 2.17. The van der Waals surface area contributed by atoms with Crippen molar-refractivity contribution < 1.29 is 4.79 Å². The molecule has 0 spiro atoms. The van der Waals surface area contributed by atoms with E-state index in [9.17, 15) is 4.79 Å². The van der Waals surface area contributed by atoms with Crippen LogP contribution in [-0.2, 0) is 4.79 Å². The topological polar surface area (TPSA) is 20.3 Å². The first-order valence-corrected chi connectivity index (χ1v) is 6.66. The Hall–Kier alpha value is -0.440. The lowest BCUT2D eigenvalue weighted by atomic mass is 10.1. The Morgan fingerprint density at radius 3 is 2.18 bits per heavy atom. The highest BCUT2D eigenvalue weighted by Gasteiger charge is 2.26. The average molecular weight is 293 g/mol. The van der Waals surface area contributed by atoms with Crippen molar-refractivity contribution in [2.75, 3.05) is 13.1 Å². The van der Waals surface area contributed by atoms with Gasteiger partial charge in [0, 0.05) is 23.1 Å². The molecule has 1 aliphatic rings. The van der Waals surface area contributed by atoms with Crippen LogP contribution in [0, 0.1) is 0 Å². The lowest BCUT2D eigenvalue weighted by Crippen LogP contribution is -2.30. The van der Waals surface area contributed by atoms with E-state index in [0.29, 0.717) is 15.6 Å². The molecule has 1 fully saturated rings. The number of rotatable bonds is 2. The summed E-state index contributed by atoms with van der Waals surface area (Å²) in [5.41, 5.74) is 0.654. The van der Waals surface area contributed by atoms with E-state index in [1.807, 2.05) is 0 Å². The summed E-state index contributed by atoms with van der Waals surface area (Å²) in [6, 6.07) is 4.98. The Bertz CT molecular complexity index is 410. The largest absolute Gasteiger partial charge is 0.341 e. The molecule has 1 amide bonds. The molecule has 5 heteroatoms. The number of halogens is 3. The second kappa shape index (κ2) is 5.47. The van der Waals surface area contributed by atoms with Gasteiger partial charge in [0.15, 0.2) is 0 Å². The quantitative estimate of drug-likeness (QED) is 0.757. The van der Waals surface area contributed by atoms with Gasteiger partial charge in [-0.15, -0.1) is 11.6 Å². The first-order chi connectivity index (χ1) is 8.08. The highest BCUT2D eigenvalue weighted by atomic mass is 35.5. The number of hydrogen-bond donors (Lipinski definition) is 0. The Kier molecular flexibility index (Phi) is 4.18. The normalized spacial score (nSPS) is 17.2. The summed E-state index contributed by atoms with van der Waals surface area (Å²) in [5.74, 6) is -0.0671. The van der Waals surface area contributed by atoms with Crippen molar-refractivity contribution in [1.82, 2.24) is 4.90 Å². The predicted octanol–water partition coefficient (Wildman–Crippen LogP) is 3.90. The van der Waals surface area contributed by atoms with Gasteiger partial charge >= 0.3 is 0 Å². The van der Waals surface area contributed by atoms with Crippen LogP contribution < -0.4 is 0 Å². The maximum atomic E-state index is 12.1. The monoisotopic (exact) mass is 291 g/mol. The summed E-state index contributed by atoms with van der Waals surface area (Å²) in [5, 5.41) is 0.282. The van der Waals surface area contributed by atoms with Gasteiger partial charge in [-0.25, -0.2) is 0 Å². The van der Waals surface area contributed by atoms with Crippen LogP contribution in [0.1, 0.15) is 23.8 Å². The molecule has 1 aromatic carbocycles. The first kappa shape index (κ1) is 13.0. The molecule has 0 N–H and O–H groups in total. The average Bonchev–Trinajstić information content (AvgIpc) is 2.79. The van der Waals surface area contributed by atoms with Gasteiger partial charge in [0.05, 0.1) is 0 Å². The van der Waals surface area contributed by atoms with Crippen LogP contribution in [0.25, 0.3) is 0 Å². The molecule has 1 aliphatic heterocycles. The van der Waals surface area contributed by atoms with Crippen molar-refractivity contribution in [1.29, 1.82) is 0 Å². The second-order valence-corrected chi connectivity index (χ2v) is 5.41. The fourth-order valence-corrected chi connectivity index (χ4v) is 2.77. The molecular weight excluding hydrogens is 280 g/mol. The molecule has 0 bridgehead atoms. The molecular formula is C12H12Cl3NO. The molecule has 2 nitrogen and oxygen atoms in total. The maximum Gasteiger partial charge on any atom is 0.245 e. The van der Waals surface area contributed by atoms with Gasteiger partial charge in [0.2, 0.25) is 5.91 Å². The zero-order valence-corrected chi connectivity index (χ0v) is 11.4. The molecule has 0 aromatic heterocycles. The molecule has 0 aliphatic carbocycles. The third-order valence-electron chi connectivity index (χ3n) is 2.81. The van der Waals surface area contributed by atoms with Crippen molar-refractivity contribution in [3.05, 3.63) is 33.8 Å². The summed E-state index contributed by atoms with van der Waals surface area (Å²) in [4.78, 5) is 13.9. The highest BCUT2D eigenvalue weighted by molar-refractivity contribution is 6.35. The molecule has 2 rings (SSSR count). The summed E-state index contributed by atoms with van der Waals surface area (Å²) >= 11 is 18.0. The molecule has 92 valence electrons. The summed E-state index contributed by atoms with van der Waals surface area (Å²) in [6.07, 6.45) is 2.09. The van der Waals surface area contributed by atoms with Crippen LogP contribution >= 0.6 is 34.8 Å². The van der Waals surface area contributed by atoms with E-state index in [-0.39, 0.29) is 5.91 Å². The number of likely N-dealkylation sites (tertiary alicyclic amines) is 1. The minimum Gasteiger partial charge on any atom is -0.341 e. The van der Waals surface area contributed by atoms with Crippen LogP contribution in [0.4, 0.5) is 0 Å². The minimum atomic E-state index is -0.704. The number of benzene rings is 1. The Labute approximate surface area is 115 Å². The van der Waals surface area contributed by atoms with Crippen LogP contribution in [0.15, 0.2) is 18.2 Å². The lowest BCUT2D eigenvalue weighted by Gasteiger charge is -2.19.